The molecule has 0 aliphatic heterocycles. The summed E-state index contributed by atoms with van der Waals surface area (Å²) in [4.78, 5) is 2.19. The average Bonchev–Trinajstić information content (AvgIpc) is 2.86. The van der Waals surface area contributed by atoms with Gasteiger partial charge in [0.25, 0.3) is 0 Å². The fraction of sp³-hybridized carbons (Fsp3) is 1.00. The Morgan fingerprint density at radius 2 is 1.17 bits per heavy atom. The fourth-order valence-electron chi connectivity index (χ4n) is 4.13. The Morgan fingerprint density at radius 3 is 1.63 bits per heavy atom. The first-order valence-electron chi connectivity index (χ1n) is 14.9. The Hall–Kier alpha value is 0.230. The van der Waals surface area contributed by atoms with Crippen LogP contribution in [0.3, 0.4) is 0 Å². The number of hydrogen-bond donors (Lipinski definition) is 0. The van der Waals surface area contributed by atoms with E-state index in [2.05, 4.69) is 32.8 Å². The summed E-state index contributed by atoms with van der Waals surface area (Å²) in [5.74, 6) is 0. The molecule has 0 rings (SSSR count). The van der Waals surface area contributed by atoms with Crippen LogP contribution in [0.1, 0.15) is 129 Å². The summed E-state index contributed by atoms with van der Waals surface area (Å²) >= 11 is 0. The Bertz CT molecular complexity index is 401. The van der Waals surface area contributed by atoms with Crippen molar-refractivity contribution in [2.75, 3.05) is 47.6 Å². The van der Waals surface area contributed by atoms with E-state index in [4.69, 9.17) is 18.5 Å². The van der Waals surface area contributed by atoms with Gasteiger partial charge in [-0.25, -0.2) is 0 Å². The van der Waals surface area contributed by atoms with Gasteiger partial charge in [0, 0.05) is 20.3 Å². The van der Waals surface area contributed by atoms with Crippen LogP contribution in [0, 0.1) is 0 Å². The number of nitrogens with zero attached hydrogens (tertiary/aromatic N) is 1. The third-order valence-electron chi connectivity index (χ3n) is 6.68. The number of hydrogen-bond acceptors (Lipinski definition) is 5. The third-order valence-corrected chi connectivity index (χ3v) is 7.39. The second-order valence-corrected chi connectivity index (χ2v) is 11.1. The summed E-state index contributed by atoms with van der Waals surface area (Å²) in [5.41, 5.74) is 0. The molecule has 0 aromatic rings. The molecule has 0 saturated carbocycles. The third kappa shape index (κ3) is 27.1. The lowest BCUT2D eigenvalue weighted by atomic mass is 10.0. The van der Waals surface area contributed by atoms with Crippen molar-refractivity contribution in [3.8, 4) is 0 Å². The molecule has 3 atom stereocenters. The average molecular weight is 520 g/mol. The molecule has 3 unspecified atom stereocenters. The van der Waals surface area contributed by atoms with E-state index in [1.165, 1.54) is 96.3 Å². The minimum absolute atomic E-state index is 0.0194. The van der Waals surface area contributed by atoms with Crippen molar-refractivity contribution in [1.29, 1.82) is 0 Å². The molecule has 0 spiro atoms. The lowest BCUT2D eigenvalue weighted by Gasteiger charge is -2.19. The number of rotatable bonds is 29. The van der Waals surface area contributed by atoms with Gasteiger partial charge in [0.05, 0.1) is 19.3 Å². The van der Waals surface area contributed by atoms with E-state index < -0.39 is 0 Å². The maximum atomic E-state index is 5.86. The summed E-state index contributed by atoms with van der Waals surface area (Å²) in [5, 5.41) is 0. The normalized spacial score (nSPS) is 13.9. The van der Waals surface area contributed by atoms with Crippen LogP contribution in [0.5, 0.6) is 0 Å². The predicted octanol–water partition coefficient (Wildman–Crippen LogP) is 8.55. The van der Waals surface area contributed by atoms with E-state index in [-0.39, 0.29) is 21.2 Å². The van der Waals surface area contributed by atoms with Crippen LogP contribution < -0.4 is 0 Å². The van der Waals surface area contributed by atoms with Gasteiger partial charge in [-0.2, -0.15) is 0 Å². The Morgan fingerprint density at radius 1 is 0.657 bits per heavy atom. The molecule has 0 aliphatic carbocycles. The molecule has 5 nitrogen and oxygen atoms in total. The highest BCUT2D eigenvalue weighted by Crippen LogP contribution is 2.21. The van der Waals surface area contributed by atoms with Crippen molar-refractivity contribution in [3.63, 3.8) is 0 Å². The molecular weight excluding hydrogens is 457 g/mol. The van der Waals surface area contributed by atoms with Crippen LogP contribution in [0.25, 0.3) is 0 Å². The van der Waals surface area contributed by atoms with E-state index in [0.717, 1.165) is 32.4 Å². The molecular formula is C29H62NO4P. The second-order valence-electron chi connectivity index (χ2n) is 10.4. The summed E-state index contributed by atoms with van der Waals surface area (Å²) in [6, 6.07) is 0. The summed E-state index contributed by atoms with van der Waals surface area (Å²) in [6.45, 7) is 7.43. The van der Waals surface area contributed by atoms with E-state index in [1.54, 1.807) is 7.11 Å². The Balaban J connectivity index is 3.38. The summed E-state index contributed by atoms with van der Waals surface area (Å²) < 4.78 is 22.9. The minimum atomic E-state index is -0.0194. The van der Waals surface area contributed by atoms with Crippen LogP contribution in [0.2, 0.25) is 0 Å². The largest absolute Gasteiger partial charge is 0.379 e. The minimum Gasteiger partial charge on any atom is -0.379 e. The zero-order valence-electron chi connectivity index (χ0n) is 24.3. The molecule has 0 radical (unpaired) electrons. The van der Waals surface area contributed by atoms with Crippen molar-refractivity contribution in [1.82, 2.24) is 4.90 Å². The van der Waals surface area contributed by atoms with Gasteiger partial charge in [0.2, 0.25) is 0 Å². The van der Waals surface area contributed by atoms with Gasteiger partial charge >= 0.3 is 0 Å². The van der Waals surface area contributed by atoms with Crippen molar-refractivity contribution >= 4 is 9.03 Å². The van der Waals surface area contributed by atoms with Gasteiger partial charge < -0.3 is 23.4 Å². The highest BCUT2D eigenvalue weighted by molar-refractivity contribution is 7.26. The highest BCUT2D eigenvalue weighted by Gasteiger charge is 2.11. The molecule has 0 bridgehead atoms. The van der Waals surface area contributed by atoms with Gasteiger partial charge in [0.1, 0.15) is 6.10 Å². The SMILES string of the molecule is CCCCCCCCCCCCCCCCCCOCC(COPOC(CC)CCN(C)C)OC. The van der Waals surface area contributed by atoms with Gasteiger partial charge in [-0.15, -0.1) is 0 Å². The zero-order chi connectivity index (χ0) is 25.8. The van der Waals surface area contributed by atoms with Crippen LogP contribution in [0.4, 0.5) is 0 Å². The van der Waals surface area contributed by atoms with Crippen molar-refractivity contribution in [2.45, 2.75) is 142 Å². The molecule has 0 amide bonds. The lowest BCUT2D eigenvalue weighted by molar-refractivity contribution is -0.0154. The van der Waals surface area contributed by atoms with E-state index in [0.29, 0.717) is 13.2 Å². The molecule has 6 heteroatoms. The molecule has 0 N–H and O–H groups in total. The quantitative estimate of drug-likeness (QED) is 0.0731. The standard InChI is InChI=1S/C29H62NO4P/c1-6-8-9-10-11-12-13-14-15-16-17-18-19-20-21-22-25-32-26-29(31-5)27-33-35-34-28(7-2)23-24-30(3)4/h28-29,35H,6-27H2,1-5H3. The van der Waals surface area contributed by atoms with Crippen LogP contribution in [-0.2, 0) is 18.5 Å². The maximum Gasteiger partial charge on any atom is 0.155 e. The first-order chi connectivity index (χ1) is 17.1. The number of unbranched alkanes of at least 4 members (excludes halogenated alkanes) is 15. The molecule has 0 fully saturated rings. The topological polar surface area (TPSA) is 40.2 Å². The van der Waals surface area contributed by atoms with Gasteiger partial charge in [-0.1, -0.05) is 110 Å². The molecule has 0 aromatic heterocycles. The Labute approximate surface area is 221 Å². The molecule has 0 aromatic carbocycles. The summed E-state index contributed by atoms with van der Waals surface area (Å²) in [6.07, 6.45) is 24.6. The van der Waals surface area contributed by atoms with Gasteiger partial charge in [-0.3, -0.25) is 0 Å². The van der Waals surface area contributed by atoms with Crippen LogP contribution >= 0.6 is 9.03 Å². The molecule has 212 valence electrons. The van der Waals surface area contributed by atoms with Crippen molar-refractivity contribution < 1.29 is 18.5 Å². The number of methoxy groups -OCH3 is 1. The molecule has 0 saturated heterocycles. The van der Waals surface area contributed by atoms with Crippen LogP contribution in [-0.4, -0.2) is 64.7 Å². The molecule has 35 heavy (non-hydrogen) atoms. The Kier molecular flexibility index (Phi) is 29.0. The second kappa shape index (κ2) is 28.8. The van der Waals surface area contributed by atoms with Crippen LogP contribution in [0.15, 0.2) is 0 Å². The number of ether oxygens (including phenoxy) is 2. The molecule has 0 heterocycles. The highest BCUT2D eigenvalue weighted by atomic mass is 31.1. The predicted molar refractivity (Wildman–Crippen MR) is 154 cm³/mol. The monoisotopic (exact) mass is 519 g/mol. The molecule has 0 aliphatic rings. The zero-order valence-corrected chi connectivity index (χ0v) is 25.3. The van der Waals surface area contributed by atoms with E-state index >= 15 is 0 Å². The van der Waals surface area contributed by atoms with Crippen molar-refractivity contribution in [3.05, 3.63) is 0 Å². The van der Waals surface area contributed by atoms with E-state index in [9.17, 15) is 0 Å². The van der Waals surface area contributed by atoms with Gasteiger partial charge in [0.15, 0.2) is 9.03 Å². The first kappa shape index (κ1) is 35.2. The smallest absolute Gasteiger partial charge is 0.155 e. The first-order valence-corrected chi connectivity index (χ1v) is 15.7. The summed E-state index contributed by atoms with van der Waals surface area (Å²) in [7, 11) is 5.98. The van der Waals surface area contributed by atoms with Crippen molar-refractivity contribution in [2.24, 2.45) is 0 Å². The fourth-order valence-corrected chi connectivity index (χ4v) is 4.87. The lowest BCUT2D eigenvalue weighted by Crippen LogP contribution is -2.23. The van der Waals surface area contributed by atoms with Gasteiger partial charge in [-0.05, 0) is 33.4 Å². The van der Waals surface area contributed by atoms with E-state index in [1.807, 2.05) is 0 Å². The maximum absolute atomic E-state index is 5.86.